The maximum atomic E-state index is 11.7. The van der Waals surface area contributed by atoms with Crippen LogP contribution in [0.4, 0.5) is 4.39 Å². The van der Waals surface area contributed by atoms with Gasteiger partial charge in [-0.25, -0.2) is 9.18 Å². The first kappa shape index (κ1) is 12.6. The molecule has 0 aromatic heterocycles. The Balaban J connectivity index is 0. The number of rotatable bonds is 2. The third-order valence-electron chi connectivity index (χ3n) is 1.43. The molecular formula is C9H10FNaO2. The molecule has 0 spiro atoms. The minimum atomic E-state index is -1.09. The Kier molecular flexibility index (Phi) is 5.95. The van der Waals surface area contributed by atoms with Gasteiger partial charge in [0.05, 0.1) is 0 Å². The van der Waals surface area contributed by atoms with Crippen molar-refractivity contribution in [3.63, 3.8) is 0 Å². The van der Waals surface area contributed by atoms with Gasteiger partial charge in [0, 0.05) is 0 Å². The van der Waals surface area contributed by atoms with E-state index in [0.29, 0.717) is 5.75 Å². The molecule has 0 aliphatic heterocycles. The van der Waals surface area contributed by atoms with Gasteiger partial charge in [0.1, 0.15) is 5.75 Å². The number of ether oxygens (including phenoxy) is 1. The van der Waals surface area contributed by atoms with Crippen molar-refractivity contribution in [2.45, 2.75) is 6.92 Å². The molecule has 0 atom stereocenters. The van der Waals surface area contributed by atoms with Crippen molar-refractivity contribution in [2.24, 2.45) is 0 Å². The molecule has 0 amide bonds. The Labute approximate surface area is 99.9 Å². The largest absolute Gasteiger partial charge is 1.00 e. The standard InChI is InChI=1S/C9H9FO2.Na.H/c1-7-4-2-3-5-8(7)12-9(11)6-10;;/h2-5H,6H2,1H3;;/q;+1;-1. The molecule has 0 aliphatic carbocycles. The number of hydrogen-bond acceptors (Lipinski definition) is 2. The Bertz CT molecular complexity index is 294. The molecule has 0 unspecified atom stereocenters. The molecule has 0 aliphatic rings. The van der Waals surface area contributed by atoms with Gasteiger partial charge >= 0.3 is 35.5 Å². The van der Waals surface area contributed by atoms with Crippen LogP contribution in [-0.4, -0.2) is 12.6 Å². The van der Waals surface area contributed by atoms with E-state index in [4.69, 9.17) is 0 Å². The van der Waals surface area contributed by atoms with Crippen LogP contribution in [0.1, 0.15) is 6.99 Å². The SMILES string of the molecule is Cc1ccccc1OC(=O)CF.[H-].[Na+]. The molecule has 2 nitrogen and oxygen atoms in total. The number of para-hydroxylation sites is 1. The van der Waals surface area contributed by atoms with Crippen molar-refractivity contribution < 1.29 is 44.9 Å². The fraction of sp³-hybridized carbons (Fsp3) is 0.222. The van der Waals surface area contributed by atoms with Gasteiger partial charge in [-0.15, -0.1) is 0 Å². The summed E-state index contributed by atoms with van der Waals surface area (Å²) in [7, 11) is 0. The number of halogens is 1. The zero-order chi connectivity index (χ0) is 8.97. The van der Waals surface area contributed by atoms with Crippen LogP contribution in [0.5, 0.6) is 5.75 Å². The van der Waals surface area contributed by atoms with Crippen LogP contribution in [0.15, 0.2) is 24.3 Å². The second kappa shape index (κ2) is 6.13. The van der Waals surface area contributed by atoms with E-state index in [9.17, 15) is 9.18 Å². The molecule has 0 saturated heterocycles. The van der Waals surface area contributed by atoms with Crippen molar-refractivity contribution in [1.29, 1.82) is 0 Å². The number of benzene rings is 1. The van der Waals surface area contributed by atoms with E-state index in [-0.39, 0.29) is 31.0 Å². The number of carbonyl (C=O) groups is 1. The molecule has 0 bridgehead atoms. The summed E-state index contributed by atoms with van der Waals surface area (Å²) in [5.41, 5.74) is 0.819. The number of aryl methyl sites for hydroxylation is 1. The number of hydrogen-bond donors (Lipinski definition) is 0. The van der Waals surface area contributed by atoms with Crippen LogP contribution in [0.25, 0.3) is 0 Å². The Morgan fingerprint density at radius 2 is 2.15 bits per heavy atom. The van der Waals surface area contributed by atoms with Crippen LogP contribution in [0, 0.1) is 6.92 Å². The molecule has 1 aromatic carbocycles. The Hall–Kier alpha value is -0.380. The van der Waals surface area contributed by atoms with Crippen molar-refractivity contribution >= 4 is 5.97 Å². The molecule has 0 fully saturated rings. The van der Waals surface area contributed by atoms with Gasteiger partial charge in [0.15, 0.2) is 6.67 Å². The summed E-state index contributed by atoms with van der Waals surface area (Å²) in [6, 6.07) is 6.97. The normalized spacial score (nSPS) is 8.77. The van der Waals surface area contributed by atoms with Crippen molar-refractivity contribution in [3.05, 3.63) is 29.8 Å². The predicted molar refractivity (Wildman–Crippen MR) is 43.9 cm³/mol. The summed E-state index contributed by atoms with van der Waals surface area (Å²) in [6.45, 7) is 0.704. The predicted octanol–water partition coefficient (Wildman–Crippen LogP) is -1.01. The van der Waals surface area contributed by atoms with Crippen LogP contribution in [0.2, 0.25) is 0 Å². The van der Waals surface area contributed by atoms with Crippen molar-refractivity contribution in [3.8, 4) is 5.75 Å². The number of esters is 1. The first-order valence-electron chi connectivity index (χ1n) is 3.56. The average Bonchev–Trinajstić information content (AvgIpc) is 2.09. The molecule has 0 heterocycles. The number of alkyl halides is 1. The Morgan fingerprint density at radius 1 is 1.54 bits per heavy atom. The van der Waals surface area contributed by atoms with E-state index >= 15 is 0 Å². The van der Waals surface area contributed by atoms with E-state index in [1.807, 2.05) is 6.07 Å². The number of carbonyl (C=O) groups excluding carboxylic acids is 1. The van der Waals surface area contributed by atoms with Gasteiger partial charge < -0.3 is 6.16 Å². The van der Waals surface area contributed by atoms with E-state index in [0.717, 1.165) is 5.56 Å². The van der Waals surface area contributed by atoms with Crippen molar-refractivity contribution in [1.82, 2.24) is 0 Å². The minimum Gasteiger partial charge on any atom is -1.00 e. The first-order valence-corrected chi connectivity index (χ1v) is 3.56. The van der Waals surface area contributed by atoms with Gasteiger partial charge in [0.25, 0.3) is 0 Å². The van der Waals surface area contributed by atoms with E-state index in [1.165, 1.54) is 0 Å². The fourth-order valence-electron chi connectivity index (χ4n) is 0.821. The average molecular weight is 192 g/mol. The minimum absolute atomic E-state index is 0. The summed E-state index contributed by atoms with van der Waals surface area (Å²) in [5, 5.41) is 0. The van der Waals surface area contributed by atoms with E-state index in [1.54, 1.807) is 25.1 Å². The van der Waals surface area contributed by atoms with Crippen LogP contribution in [0.3, 0.4) is 0 Å². The maximum absolute atomic E-state index is 11.7. The second-order valence-corrected chi connectivity index (χ2v) is 2.37. The fourth-order valence-corrected chi connectivity index (χ4v) is 0.821. The van der Waals surface area contributed by atoms with E-state index in [2.05, 4.69) is 4.74 Å². The quantitative estimate of drug-likeness (QED) is 0.341. The van der Waals surface area contributed by atoms with E-state index < -0.39 is 12.6 Å². The van der Waals surface area contributed by atoms with Crippen molar-refractivity contribution in [2.75, 3.05) is 6.67 Å². The van der Waals surface area contributed by atoms with Gasteiger partial charge in [-0.1, -0.05) is 18.2 Å². The second-order valence-electron chi connectivity index (χ2n) is 2.37. The van der Waals surface area contributed by atoms with Crippen LogP contribution >= 0.6 is 0 Å². The zero-order valence-corrected chi connectivity index (χ0v) is 9.71. The van der Waals surface area contributed by atoms with Gasteiger partial charge in [-0.05, 0) is 18.6 Å². The van der Waals surface area contributed by atoms with Gasteiger partial charge in [-0.2, -0.15) is 0 Å². The molecule has 0 N–H and O–H groups in total. The molecule has 1 aromatic rings. The van der Waals surface area contributed by atoms with Gasteiger partial charge in [-0.3, -0.25) is 0 Å². The maximum Gasteiger partial charge on any atom is 1.00 e. The summed E-state index contributed by atoms with van der Waals surface area (Å²) < 4.78 is 16.4. The molecule has 0 radical (unpaired) electrons. The molecule has 1 rings (SSSR count). The molecule has 66 valence electrons. The zero-order valence-electron chi connectivity index (χ0n) is 8.71. The van der Waals surface area contributed by atoms with Gasteiger partial charge in [0.2, 0.25) is 0 Å². The topological polar surface area (TPSA) is 26.3 Å². The Morgan fingerprint density at radius 3 is 2.69 bits per heavy atom. The third-order valence-corrected chi connectivity index (χ3v) is 1.43. The summed E-state index contributed by atoms with van der Waals surface area (Å²) in [5.74, 6) is -0.440. The molecule has 13 heavy (non-hydrogen) atoms. The van der Waals surface area contributed by atoms with Crippen LogP contribution in [-0.2, 0) is 4.79 Å². The summed E-state index contributed by atoms with van der Waals surface area (Å²) >= 11 is 0. The summed E-state index contributed by atoms with van der Waals surface area (Å²) in [4.78, 5) is 10.5. The molecule has 4 heteroatoms. The monoisotopic (exact) mass is 192 g/mol. The third kappa shape index (κ3) is 3.89. The molecular weight excluding hydrogens is 182 g/mol. The first-order chi connectivity index (χ1) is 5.74. The summed E-state index contributed by atoms with van der Waals surface area (Å²) in [6.07, 6.45) is 0. The molecule has 0 saturated carbocycles. The van der Waals surface area contributed by atoms with Crippen LogP contribution < -0.4 is 34.3 Å². The smallest absolute Gasteiger partial charge is 1.00 e.